The van der Waals surface area contributed by atoms with Crippen molar-refractivity contribution in [2.24, 2.45) is 0 Å². The number of hydrogen-bond acceptors (Lipinski definition) is 4. The zero-order valence-electron chi connectivity index (χ0n) is 14.3. The van der Waals surface area contributed by atoms with Crippen LogP contribution in [-0.4, -0.2) is 32.4 Å². The molecule has 0 fully saturated rings. The summed E-state index contributed by atoms with van der Waals surface area (Å²) in [7, 11) is 0. The maximum Gasteiger partial charge on any atom is 0.339 e. The van der Waals surface area contributed by atoms with Gasteiger partial charge in [-0.2, -0.15) is 0 Å². The molecule has 0 aromatic heterocycles. The van der Waals surface area contributed by atoms with Crippen molar-refractivity contribution in [3.8, 4) is 33.8 Å². The lowest BCUT2D eigenvalue weighted by Crippen LogP contribution is -1.97. The van der Waals surface area contributed by atoms with Gasteiger partial charge in [0.25, 0.3) is 0 Å². The summed E-state index contributed by atoms with van der Waals surface area (Å²) in [6, 6.07) is 14.2. The molecule has 6 heteroatoms. The van der Waals surface area contributed by atoms with E-state index in [0.29, 0.717) is 11.1 Å². The second kappa shape index (κ2) is 6.84. The Hall–Kier alpha value is -3.80. The molecule has 3 aromatic carbocycles. The van der Waals surface area contributed by atoms with Crippen LogP contribution in [0.4, 0.5) is 0 Å². The van der Waals surface area contributed by atoms with Gasteiger partial charge in [0.1, 0.15) is 22.6 Å². The molecular formula is C21H16O6. The first kappa shape index (κ1) is 18.0. The molecule has 0 amide bonds. The van der Waals surface area contributed by atoms with Crippen molar-refractivity contribution in [3.05, 3.63) is 71.3 Å². The van der Waals surface area contributed by atoms with Gasteiger partial charge in [-0.15, -0.1) is 0 Å². The second-order valence-corrected chi connectivity index (χ2v) is 6.10. The molecule has 0 bridgehead atoms. The third kappa shape index (κ3) is 3.46. The molecule has 0 unspecified atom stereocenters. The van der Waals surface area contributed by atoms with E-state index >= 15 is 0 Å². The van der Waals surface area contributed by atoms with Crippen LogP contribution >= 0.6 is 0 Å². The third-order valence-electron chi connectivity index (χ3n) is 4.33. The molecule has 0 saturated carbocycles. The van der Waals surface area contributed by atoms with Crippen LogP contribution < -0.4 is 0 Å². The van der Waals surface area contributed by atoms with E-state index in [2.05, 4.69) is 0 Å². The van der Waals surface area contributed by atoms with Crippen molar-refractivity contribution >= 4 is 11.9 Å². The summed E-state index contributed by atoms with van der Waals surface area (Å²) in [5, 5.41) is 37.8. The fourth-order valence-corrected chi connectivity index (χ4v) is 2.94. The fourth-order valence-electron chi connectivity index (χ4n) is 2.94. The normalized spacial score (nSPS) is 10.6. The van der Waals surface area contributed by atoms with Crippen molar-refractivity contribution in [1.29, 1.82) is 0 Å². The van der Waals surface area contributed by atoms with Crippen LogP contribution in [0.5, 0.6) is 11.5 Å². The third-order valence-corrected chi connectivity index (χ3v) is 4.33. The minimum absolute atomic E-state index is 0.165. The molecule has 0 heterocycles. The van der Waals surface area contributed by atoms with E-state index in [-0.39, 0.29) is 22.6 Å². The van der Waals surface area contributed by atoms with Crippen LogP contribution in [0.1, 0.15) is 26.3 Å². The van der Waals surface area contributed by atoms with E-state index in [0.717, 1.165) is 16.7 Å². The molecule has 0 radical (unpaired) electrons. The molecule has 3 rings (SSSR count). The van der Waals surface area contributed by atoms with Gasteiger partial charge in [-0.1, -0.05) is 30.3 Å². The first-order valence-corrected chi connectivity index (χ1v) is 8.02. The Kier molecular flexibility index (Phi) is 4.56. The zero-order chi connectivity index (χ0) is 19.7. The van der Waals surface area contributed by atoms with E-state index in [1.165, 1.54) is 24.3 Å². The van der Waals surface area contributed by atoms with E-state index in [1.54, 1.807) is 18.2 Å². The number of aryl methyl sites for hydroxylation is 1. The standard InChI is InChI=1S/C21H16O6/c1-11-8-12(13-3-6-16(20(24)25)18(22)9-13)2-5-15(11)14-4-7-17(21(26)27)19(23)10-14/h2-10,22-23H,1H3,(H,24,25)(H,26,27). The van der Waals surface area contributed by atoms with E-state index in [9.17, 15) is 19.8 Å². The quantitative estimate of drug-likeness (QED) is 0.553. The Morgan fingerprint density at radius 1 is 0.667 bits per heavy atom. The number of carboxylic acid groups (broad SMARTS) is 2. The highest BCUT2D eigenvalue weighted by molar-refractivity contribution is 5.92. The van der Waals surface area contributed by atoms with Gasteiger partial charge >= 0.3 is 11.9 Å². The summed E-state index contributed by atoms with van der Waals surface area (Å²) >= 11 is 0. The van der Waals surface area contributed by atoms with Gasteiger partial charge in [-0.05, 0) is 59.0 Å². The number of carboxylic acids is 2. The summed E-state index contributed by atoms with van der Waals surface area (Å²) in [6.45, 7) is 1.87. The highest BCUT2D eigenvalue weighted by atomic mass is 16.4. The minimum Gasteiger partial charge on any atom is -0.507 e. The van der Waals surface area contributed by atoms with Crippen LogP contribution in [0.25, 0.3) is 22.3 Å². The molecule has 4 N–H and O–H groups in total. The zero-order valence-corrected chi connectivity index (χ0v) is 14.3. The molecule has 0 aliphatic carbocycles. The molecule has 0 aliphatic rings. The van der Waals surface area contributed by atoms with E-state index in [4.69, 9.17) is 10.2 Å². The van der Waals surface area contributed by atoms with Gasteiger partial charge in [0.15, 0.2) is 0 Å². The predicted molar refractivity (Wildman–Crippen MR) is 99.3 cm³/mol. The lowest BCUT2D eigenvalue weighted by Gasteiger charge is -2.11. The average molecular weight is 364 g/mol. The SMILES string of the molecule is Cc1cc(-c2ccc(C(=O)O)c(O)c2)ccc1-c1ccc(C(=O)O)c(O)c1. The van der Waals surface area contributed by atoms with Crippen molar-refractivity contribution in [2.45, 2.75) is 6.92 Å². The van der Waals surface area contributed by atoms with Gasteiger partial charge in [-0.3, -0.25) is 0 Å². The van der Waals surface area contributed by atoms with Crippen molar-refractivity contribution in [1.82, 2.24) is 0 Å². The Balaban J connectivity index is 1.99. The summed E-state index contributed by atoms with van der Waals surface area (Å²) in [6.07, 6.45) is 0. The second-order valence-electron chi connectivity index (χ2n) is 6.10. The molecule has 0 aliphatic heterocycles. The highest BCUT2D eigenvalue weighted by Crippen LogP contribution is 2.33. The summed E-state index contributed by atoms with van der Waals surface area (Å²) < 4.78 is 0. The number of hydrogen-bond donors (Lipinski definition) is 4. The lowest BCUT2D eigenvalue weighted by molar-refractivity contribution is 0.0682. The first-order valence-electron chi connectivity index (χ1n) is 8.02. The van der Waals surface area contributed by atoms with Gasteiger partial charge in [0, 0.05) is 0 Å². The fraction of sp³-hybridized carbons (Fsp3) is 0.0476. The maximum absolute atomic E-state index is 11.0. The van der Waals surface area contributed by atoms with Gasteiger partial charge in [-0.25, -0.2) is 9.59 Å². The monoisotopic (exact) mass is 364 g/mol. The van der Waals surface area contributed by atoms with Gasteiger partial charge in [0.05, 0.1) is 0 Å². The molecular weight excluding hydrogens is 348 g/mol. The first-order chi connectivity index (χ1) is 12.8. The molecule has 6 nitrogen and oxygen atoms in total. The molecule has 27 heavy (non-hydrogen) atoms. The Bertz CT molecular complexity index is 1070. The van der Waals surface area contributed by atoms with Crippen LogP contribution in [0.15, 0.2) is 54.6 Å². The Morgan fingerprint density at radius 2 is 1.11 bits per heavy atom. The van der Waals surface area contributed by atoms with Crippen LogP contribution in [-0.2, 0) is 0 Å². The predicted octanol–water partition coefficient (Wildman–Crippen LogP) is 4.14. The molecule has 0 atom stereocenters. The van der Waals surface area contributed by atoms with Crippen molar-refractivity contribution in [2.75, 3.05) is 0 Å². The minimum atomic E-state index is -1.20. The summed E-state index contributed by atoms with van der Waals surface area (Å²) in [5.74, 6) is -3.01. The number of aromatic hydroxyl groups is 2. The van der Waals surface area contributed by atoms with Gasteiger partial charge in [0.2, 0.25) is 0 Å². The molecule has 136 valence electrons. The van der Waals surface area contributed by atoms with Crippen molar-refractivity contribution in [3.63, 3.8) is 0 Å². The van der Waals surface area contributed by atoms with Crippen LogP contribution in [0.2, 0.25) is 0 Å². The average Bonchev–Trinajstić information content (AvgIpc) is 2.60. The largest absolute Gasteiger partial charge is 0.507 e. The molecule has 3 aromatic rings. The Labute approximate surface area is 154 Å². The lowest BCUT2D eigenvalue weighted by atomic mass is 9.94. The smallest absolute Gasteiger partial charge is 0.339 e. The molecule has 0 spiro atoms. The Morgan fingerprint density at radius 3 is 1.59 bits per heavy atom. The van der Waals surface area contributed by atoms with Crippen LogP contribution in [0, 0.1) is 6.92 Å². The van der Waals surface area contributed by atoms with E-state index in [1.807, 2.05) is 19.1 Å². The summed E-state index contributed by atoms with van der Waals surface area (Å²) in [4.78, 5) is 22.0. The molecule has 0 saturated heterocycles. The topological polar surface area (TPSA) is 115 Å². The number of phenols is 2. The highest BCUT2D eigenvalue weighted by Gasteiger charge is 2.13. The maximum atomic E-state index is 11.0. The van der Waals surface area contributed by atoms with Crippen molar-refractivity contribution < 1.29 is 30.0 Å². The van der Waals surface area contributed by atoms with Gasteiger partial charge < -0.3 is 20.4 Å². The number of carbonyl (C=O) groups is 2. The number of aromatic carboxylic acids is 2. The number of rotatable bonds is 4. The summed E-state index contributed by atoms with van der Waals surface area (Å²) in [5.41, 5.74) is 3.48. The van der Waals surface area contributed by atoms with Crippen LogP contribution in [0.3, 0.4) is 0 Å². The van der Waals surface area contributed by atoms with E-state index < -0.39 is 11.9 Å². The number of benzene rings is 3.